The van der Waals surface area contributed by atoms with Gasteiger partial charge in [-0.05, 0) is 32.1 Å². The van der Waals surface area contributed by atoms with Crippen molar-refractivity contribution in [2.45, 2.75) is 16.9 Å². The van der Waals surface area contributed by atoms with Gasteiger partial charge in [0.2, 0.25) is 20.0 Å². The van der Waals surface area contributed by atoms with Crippen LogP contribution in [0.2, 0.25) is 0 Å². The van der Waals surface area contributed by atoms with E-state index in [4.69, 9.17) is 0 Å². The van der Waals surface area contributed by atoms with Crippen LogP contribution in [0.4, 0.5) is 0 Å². The molecular weight excluding hydrogens is 350 g/mol. The van der Waals surface area contributed by atoms with E-state index in [0.717, 1.165) is 5.56 Å². The molecule has 0 aliphatic carbocycles. The zero-order valence-electron chi connectivity index (χ0n) is 14.1. The molecular formula is C15H23N3O4S2. The van der Waals surface area contributed by atoms with Crippen LogP contribution in [0.5, 0.6) is 0 Å². The lowest BCUT2D eigenvalue weighted by molar-refractivity contribution is 0.194. The van der Waals surface area contributed by atoms with Crippen LogP contribution in [0.3, 0.4) is 0 Å². The first-order valence-corrected chi connectivity index (χ1v) is 11.1. The summed E-state index contributed by atoms with van der Waals surface area (Å²) in [7, 11) is -3.20. The van der Waals surface area contributed by atoms with Crippen molar-refractivity contribution in [3.63, 3.8) is 0 Å². The van der Waals surface area contributed by atoms with Crippen LogP contribution in [0.1, 0.15) is 12.0 Å². The maximum atomic E-state index is 13.1. The third-order valence-electron chi connectivity index (χ3n) is 4.87. The molecule has 1 saturated heterocycles. The van der Waals surface area contributed by atoms with Gasteiger partial charge in [-0.15, -0.1) is 0 Å². The van der Waals surface area contributed by atoms with Gasteiger partial charge in [-0.3, -0.25) is 0 Å². The highest BCUT2D eigenvalue weighted by molar-refractivity contribution is 7.89. The molecule has 9 heteroatoms. The van der Waals surface area contributed by atoms with Crippen LogP contribution in [-0.4, -0.2) is 76.9 Å². The number of sulfonamides is 2. The van der Waals surface area contributed by atoms with Crippen molar-refractivity contribution >= 4 is 20.0 Å². The number of hydrogen-bond donors (Lipinski definition) is 0. The Labute approximate surface area is 144 Å². The van der Waals surface area contributed by atoms with Crippen LogP contribution in [0, 0.1) is 0 Å². The van der Waals surface area contributed by atoms with Crippen molar-refractivity contribution in [2.24, 2.45) is 0 Å². The molecule has 0 bridgehead atoms. The minimum absolute atomic E-state index is 0.176. The van der Waals surface area contributed by atoms with Crippen LogP contribution in [-0.2, 0) is 25.6 Å². The molecule has 1 spiro atoms. The second-order valence-electron chi connectivity index (χ2n) is 6.75. The highest BCUT2D eigenvalue weighted by Gasteiger charge is 2.57. The van der Waals surface area contributed by atoms with Gasteiger partial charge in [-0.1, -0.05) is 18.2 Å². The third kappa shape index (κ3) is 2.68. The Bertz CT molecular complexity index is 851. The van der Waals surface area contributed by atoms with Crippen LogP contribution in [0.15, 0.2) is 29.2 Å². The van der Waals surface area contributed by atoms with Gasteiger partial charge >= 0.3 is 0 Å². The lowest BCUT2D eigenvalue weighted by Crippen LogP contribution is -2.48. The number of benzene rings is 1. The molecule has 2 aliphatic heterocycles. The first-order valence-electron chi connectivity index (χ1n) is 7.81. The fraction of sp³-hybridized carbons (Fsp3) is 0.600. The van der Waals surface area contributed by atoms with Crippen molar-refractivity contribution in [1.29, 1.82) is 0 Å². The summed E-state index contributed by atoms with van der Waals surface area (Å²) in [5.41, 5.74) is -0.0796. The number of nitrogens with zero attached hydrogens (tertiary/aromatic N) is 3. The van der Waals surface area contributed by atoms with Gasteiger partial charge in [0.05, 0.1) is 16.7 Å². The van der Waals surface area contributed by atoms with Gasteiger partial charge in [0.1, 0.15) is 0 Å². The highest BCUT2D eigenvalue weighted by Crippen LogP contribution is 2.49. The van der Waals surface area contributed by atoms with E-state index in [0.29, 0.717) is 31.0 Å². The molecule has 2 aliphatic rings. The highest BCUT2D eigenvalue weighted by atomic mass is 32.2. The quantitative estimate of drug-likeness (QED) is 0.749. The Balaban J connectivity index is 2.11. The van der Waals surface area contributed by atoms with E-state index in [9.17, 15) is 16.8 Å². The maximum Gasteiger partial charge on any atom is 0.244 e. The van der Waals surface area contributed by atoms with Gasteiger partial charge in [0.25, 0.3) is 0 Å². The summed E-state index contributed by atoms with van der Waals surface area (Å²) in [6.07, 6.45) is 1.65. The summed E-state index contributed by atoms with van der Waals surface area (Å²) < 4.78 is 52.9. The Morgan fingerprint density at radius 1 is 1.25 bits per heavy atom. The van der Waals surface area contributed by atoms with E-state index in [1.807, 2.05) is 31.1 Å². The second-order valence-corrected chi connectivity index (χ2v) is 10.6. The Hall–Kier alpha value is -1.00. The largest absolute Gasteiger partial charge is 0.308 e. The molecule has 0 saturated carbocycles. The van der Waals surface area contributed by atoms with E-state index in [1.54, 1.807) is 12.1 Å². The Morgan fingerprint density at radius 2 is 1.92 bits per heavy atom. The van der Waals surface area contributed by atoms with Gasteiger partial charge in [0.15, 0.2) is 0 Å². The predicted molar refractivity (Wildman–Crippen MR) is 91.6 cm³/mol. The normalized spacial score (nSPS) is 27.2. The third-order valence-corrected chi connectivity index (χ3v) is 8.14. The average molecular weight is 374 g/mol. The summed E-state index contributed by atoms with van der Waals surface area (Å²) in [6, 6.07) is 6.96. The van der Waals surface area contributed by atoms with Gasteiger partial charge in [-0.2, -0.15) is 8.61 Å². The summed E-state index contributed by atoms with van der Waals surface area (Å²) in [5.74, 6) is 0. The van der Waals surface area contributed by atoms with Crippen molar-refractivity contribution in [1.82, 2.24) is 13.5 Å². The maximum absolute atomic E-state index is 13.1. The number of fused-ring (bicyclic) bond motifs is 2. The van der Waals surface area contributed by atoms with Crippen LogP contribution >= 0.6 is 0 Å². The van der Waals surface area contributed by atoms with Crippen molar-refractivity contribution < 1.29 is 16.8 Å². The van der Waals surface area contributed by atoms with E-state index in [-0.39, 0.29) is 6.54 Å². The zero-order chi connectivity index (χ0) is 17.8. The van der Waals surface area contributed by atoms with Crippen molar-refractivity contribution in [2.75, 3.05) is 46.5 Å². The van der Waals surface area contributed by atoms with E-state index in [2.05, 4.69) is 0 Å². The van der Waals surface area contributed by atoms with Gasteiger partial charge in [0, 0.05) is 26.2 Å². The average Bonchev–Trinajstić information content (AvgIpc) is 2.99. The first-order chi connectivity index (χ1) is 11.1. The van der Waals surface area contributed by atoms with Crippen LogP contribution in [0.25, 0.3) is 0 Å². The van der Waals surface area contributed by atoms with Crippen molar-refractivity contribution in [3.8, 4) is 0 Å². The molecule has 24 heavy (non-hydrogen) atoms. The standard InChI is InChI=1S/C15H23N3O4S2/c1-16(2)10-11-18-15(8-9-17(12-15)23(3,19)20)13-6-4-5-7-14(13)24(18,21)22/h4-7H,8-12H2,1-3H3/t15-/m1/s1. The van der Waals surface area contributed by atoms with Crippen molar-refractivity contribution in [3.05, 3.63) is 29.8 Å². The second kappa shape index (κ2) is 5.77. The molecule has 1 fully saturated rings. The summed E-state index contributed by atoms with van der Waals surface area (Å²) in [6.45, 7) is 1.42. The molecule has 0 radical (unpaired) electrons. The molecule has 0 amide bonds. The molecule has 1 atom stereocenters. The molecule has 7 nitrogen and oxygen atoms in total. The van der Waals surface area contributed by atoms with Crippen LogP contribution < -0.4 is 0 Å². The summed E-state index contributed by atoms with van der Waals surface area (Å²) >= 11 is 0. The molecule has 1 aromatic carbocycles. The summed E-state index contributed by atoms with van der Waals surface area (Å²) in [5, 5.41) is 0. The molecule has 0 N–H and O–H groups in total. The molecule has 1 aromatic rings. The first kappa shape index (κ1) is 17.8. The lowest BCUT2D eigenvalue weighted by Gasteiger charge is -2.34. The van der Waals surface area contributed by atoms with E-state index in [1.165, 1.54) is 14.9 Å². The SMILES string of the molecule is CN(C)CCN1[C@@]2(CCN(S(C)(=O)=O)C2)c2ccccc2S1(=O)=O. The van der Waals surface area contributed by atoms with E-state index < -0.39 is 25.6 Å². The molecule has 3 rings (SSSR count). The lowest BCUT2D eigenvalue weighted by atomic mass is 9.89. The minimum Gasteiger partial charge on any atom is -0.308 e. The predicted octanol–water partition coefficient (Wildman–Crippen LogP) is 0.113. The number of rotatable bonds is 4. The number of hydrogen-bond acceptors (Lipinski definition) is 5. The Morgan fingerprint density at radius 3 is 2.50 bits per heavy atom. The molecule has 2 heterocycles. The monoisotopic (exact) mass is 373 g/mol. The molecule has 134 valence electrons. The van der Waals surface area contributed by atoms with Gasteiger partial charge < -0.3 is 4.90 Å². The summed E-state index contributed by atoms with van der Waals surface area (Å²) in [4.78, 5) is 2.23. The fourth-order valence-electron chi connectivity index (χ4n) is 3.65. The Kier molecular flexibility index (Phi) is 4.28. The zero-order valence-corrected chi connectivity index (χ0v) is 15.8. The topological polar surface area (TPSA) is 78.0 Å². The molecule has 0 unspecified atom stereocenters. The fourth-order valence-corrected chi connectivity index (χ4v) is 6.57. The van der Waals surface area contributed by atoms with Gasteiger partial charge in [-0.25, -0.2) is 16.8 Å². The minimum atomic E-state index is -3.62. The van der Waals surface area contributed by atoms with E-state index >= 15 is 0 Å². The number of likely N-dealkylation sites (N-methyl/N-ethyl adjacent to an activating group) is 1. The molecule has 0 aromatic heterocycles. The smallest absolute Gasteiger partial charge is 0.244 e.